The number of anilines is 2. The third-order valence-electron chi connectivity index (χ3n) is 3.88. The quantitative estimate of drug-likeness (QED) is 0.797. The molecule has 0 aliphatic carbocycles. The van der Waals surface area contributed by atoms with Gasteiger partial charge in [0, 0.05) is 11.8 Å². The number of aromatic nitrogens is 1. The summed E-state index contributed by atoms with van der Waals surface area (Å²) in [7, 11) is 0. The highest BCUT2D eigenvalue weighted by molar-refractivity contribution is 5.93. The van der Waals surface area contributed by atoms with Crippen molar-refractivity contribution < 1.29 is 13.2 Å². The highest BCUT2D eigenvalue weighted by atomic mass is 19.3. The second-order valence-electron chi connectivity index (χ2n) is 5.96. The van der Waals surface area contributed by atoms with Crippen molar-refractivity contribution in [3.8, 4) is 0 Å². The number of nitrogens with zero attached hydrogens (tertiary/aromatic N) is 3. The number of aliphatic imine (C=N–C) groups is 1. The summed E-state index contributed by atoms with van der Waals surface area (Å²) in [6.45, 7) is 5.23. The van der Waals surface area contributed by atoms with Crippen LogP contribution in [0, 0.1) is 12.7 Å². The third-order valence-corrected chi connectivity index (χ3v) is 3.88. The van der Waals surface area contributed by atoms with Crippen LogP contribution in [0.15, 0.2) is 35.5 Å². The van der Waals surface area contributed by atoms with Crippen LogP contribution < -0.4 is 4.90 Å². The van der Waals surface area contributed by atoms with Crippen molar-refractivity contribution in [3.05, 3.63) is 53.1 Å². The Labute approximate surface area is 132 Å². The molecule has 0 spiro atoms. The average Bonchev–Trinajstić information content (AvgIpc) is 2.47. The second-order valence-corrected chi connectivity index (χ2v) is 5.96. The van der Waals surface area contributed by atoms with E-state index in [1.54, 1.807) is 36.2 Å². The molecule has 0 saturated carbocycles. The van der Waals surface area contributed by atoms with Crippen molar-refractivity contribution in [3.63, 3.8) is 0 Å². The number of benzene rings is 1. The van der Waals surface area contributed by atoms with Crippen LogP contribution in [-0.2, 0) is 0 Å². The first-order valence-corrected chi connectivity index (χ1v) is 7.20. The first-order chi connectivity index (χ1) is 10.8. The molecule has 0 fully saturated rings. The summed E-state index contributed by atoms with van der Waals surface area (Å²) in [5.74, 6) is -0.391. The van der Waals surface area contributed by atoms with Gasteiger partial charge in [-0.2, -0.15) is 0 Å². The molecule has 0 amide bonds. The van der Waals surface area contributed by atoms with E-state index in [0.717, 1.165) is 0 Å². The zero-order valence-electron chi connectivity index (χ0n) is 13.0. The van der Waals surface area contributed by atoms with Gasteiger partial charge >= 0.3 is 0 Å². The Morgan fingerprint density at radius 1 is 1.22 bits per heavy atom. The lowest BCUT2D eigenvalue weighted by molar-refractivity contribution is 0.145. The summed E-state index contributed by atoms with van der Waals surface area (Å²) >= 11 is 0. The van der Waals surface area contributed by atoms with Crippen LogP contribution in [-0.4, -0.2) is 16.9 Å². The first-order valence-electron chi connectivity index (χ1n) is 7.20. The van der Waals surface area contributed by atoms with Gasteiger partial charge in [-0.25, -0.2) is 13.2 Å². The molecule has 6 heteroatoms. The molecule has 0 radical (unpaired) electrons. The maximum Gasteiger partial charge on any atom is 0.280 e. The average molecular weight is 319 g/mol. The van der Waals surface area contributed by atoms with E-state index in [0.29, 0.717) is 22.5 Å². The molecule has 2 aromatic rings. The predicted octanol–water partition coefficient (Wildman–Crippen LogP) is 4.77. The normalized spacial score (nSPS) is 15.9. The Morgan fingerprint density at radius 2 is 1.96 bits per heavy atom. The number of alkyl halides is 2. The fraction of sp³-hybridized carbons (Fsp3) is 0.294. The summed E-state index contributed by atoms with van der Waals surface area (Å²) in [4.78, 5) is 9.99. The Balaban J connectivity index is 2.18. The third kappa shape index (κ3) is 2.58. The van der Waals surface area contributed by atoms with Gasteiger partial charge in [-0.15, -0.1) is 0 Å². The van der Waals surface area contributed by atoms with Crippen molar-refractivity contribution in [1.29, 1.82) is 0 Å². The molecule has 0 atom stereocenters. The van der Waals surface area contributed by atoms with Crippen LogP contribution in [0.5, 0.6) is 0 Å². The Bertz CT molecular complexity index is 785. The molecule has 23 heavy (non-hydrogen) atoms. The zero-order valence-corrected chi connectivity index (χ0v) is 13.0. The fourth-order valence-corrected chi connectivity index (χ4v) is 2.80. The Morgan fingerprint density at radius 3 is 2.61 bits per heavy atom. The number of hydrogen-bond donors (Lipinski definition) is 0. The second kappa shape index (κ2) is 5.37. The van der Waals surface area contributed by atoms with E-state index in [-0.39, 0.29) is 5.69 Å². The van der Waals surface area contributed by atoms with Crippen molar-refractivity contribution in [2.75, 3.05) is 4.90 Å². The fourth-order valence-electron chi connectivity index (χ4n) is 2.80. The Hall–Kier alpha value is -2.37. The van der Waals surface area contributed by atoms with E-state index in [4.69, 9.17) is 0 Å². The lowest BCUT2D eigenvalue weighted by atomic mass is 10.0. The van der Waals surface area contributed by atoms with Gasteiger partial charge in [-0.05, 0) is 38.5 Å². The minimum absolute atomic E-state index is 0.263. The highest BCUT2D eigenvalue weighted by Crippen LogP contribution is 2.40. The Kier molecular flexibility index (Phi) is 3.62. The van der Waals surface area contributed by atoms with E-state index in [9.17, 15) is 13.2 Å². The maximum absolute atomic E-state index is 14.4. The molecule has 0 saturated heterocycles. The summed E-state index contributed by atoms with van der Waals surface area (Å²) in [5.41, 5.74) is 0.885. The van der Waals surface area contributed by atoms with Crippen LogP contribution in [0.3, 0.4) is 0 Å². The predicted molar refractivity (Wildman–Crippen MR) is 84.1 cm³/mol. The first kappa shape index (κ1) is 15.5. The van der Waals surface area contributed by atoms with Gasteiger partial charge in [-0.1, -0.05) is 12.1 Å². The number of aryl methyl sites for hydroxylation is 1. The summed E-state index contributed by atoms with van der Waals surface area (Å²) in [6, 6.07) is 6.33. The van der Waals surface area contributed by atoms with Gasteiger partial charge in [-0.3, -0.25) is 9.98 Å². The van der Waals surface area contributed by atoms with E-state index in [1.165, 1.54) is 12.3 Å². The van der Waals surface area contributed by atoms with Gasteiger partial charge in [0.15, 0.2) is 0 Å². The summed E-state index contributed by atoms with van der Waals surface area (Å²) in [6.07, 6.45) is 0.330. The lowest BCUT2D eigenvalue weighted by Crippen LogP contribution is -2.42. The molecule has 3 nitrogen and oxygen atoms in total. The number of pyridine rings is 1. The number of para-hydroxylation sites is 1. The number of fused-ring (bicyclic) bond motifs is 1. The van der Waals surface area contributed by atoms with E-state index < -0.39 is 17.9 Å². The molecule has 2 heterocycles. The van der Waals surface area contributed by atoms with Gasteiger partial charge in [0.05, 0.1) is 17.6 Å². The molecule has 1 aliphatic heterocycles. The van der Waals surface area contributed by atoms with Crippen LogP contribution >= 0.6 is 0 Å². The molecule has 0 N–H and O–H groups in total. The van der Waals surface area contributed by atoms with Crippen molar-refractivity contribution in [1.82, 2.24) is 4.98 Å². The van der Waals surface area contributed by atoms with Crippen molar-refractivity contribution in [2.24, 2.45) is 4.99 Å². The maximum atomic E-state index is 14.4. The summed E-state index contributed by atoms with van der Waals surface area (Å²) in [5, 5.41) is 0. The van der Waals surface area contributed by atoms with E-state index in [2.05, 4.69) is 9.98 Å². The monoisotopic (exact) mass is 319 g/mol. The smallest absolute Gasteiger partial charge is 0.280 e. The number of hydrogen-bond acceptors (Lipinski definition) is 3. The molecular formula is C17H16F3N3. The van der Waals surface area contributed by atoms with Crippen LogP contribution in [0.4, 0.5) is 24.5 Å². The minimum atomic E-state index is -2.64. The van der Waals surface area contributed by atoms with Gasteiger partial charge in [0.2, 0.25) is 0 Å². The largest absolute Gasteiger partial charge is 0.312 e. The van der Waals surface area contributed by atoms with Gasteiger partial charge in [0.25, 0.3) is 6.43 Å². The molecule has 1 aromatic heterocycles. The highest BCUT2D eigenvalue weighted by Gasteiger charge is 2.34. The van der Waals surface area contributed by atoms with E-state index in [1.807, 2.05) is 13.8 Å². The number of halogens is 3. The molecule has 0 bridgehead atoms. The number of rotatable bonds is 2. The van der Waals surface area contributed by atoms with Gasteiger partial charge < -0.3 is 4.90 Å². The van der Waals surface area contributed by atoms with Crippen LogP contribution in [0.1, 0.15) is 37.1 Å². The molecule has 3 rings (SSSR count). The minimum Gasteiger partial charge on any atom is -0.312 e. The molecule has 1 aromatic carbocycles. The van der Waals surface area contributed by atoms with Crippen LogP contribution in [0.25, 0.3) is 0 Å². The van der Waals surface area contributed by atoms with Crippen molar-refractivity contribution in [2.45, 2.75) is 32.9 Å². The molecule has 0 unspecified atom stereocenters. The standard InChI is InChI=1S/C17H16F3N3/c1-10-7-12(9-21-14(10)16(19)20)23-15-11(5-4-6-13(15)18)8-22-17(23,2)3/h4-9,16H,1-3H3. The van der Waals surface area contributed by atoms with Crippen LogP contribution in [0.2, 0.25) is 0 Å². The lowest BCUT2D eigenvalue weighted by Gasteiger charge is -2.40. The molecule has 120 valence electrons. The molecule has 1 aliphatic rings. The molecular weight excluding hydrogens is 303 g/mol. The zero-order chi connectivity index (χ0) is 16.8. The SMILES string of the molecule is Cc1cc(N2c3c(F)cccc3C=NC2(C)C)cnc1C(F)F. The van der Waals surface area contributed by atoms with E-state index >= 15 is 0 Å². The van der Waals surface area contributed by atoms with Gasteiger partial charge in [0.1, 0.15) is 17.2 Å². The summed E-state index contributed by atoms with van der Waals surface area (Å²) < 4.78 is 40.2. The van der Waals surface area contributed by atoms with Crippen molar-refractivity contribution >= 4 is 17.6 Å². The topological polar surface area (TPSA) is 28.5 Å².